The highest BCUT2D eigenvalue weighted by molar-refractivity contribution is 7.89. The topological polar surface area (TPSA) is 95.6 Å². The van der Waals surface area contributed by atoms with E-state index in [1.807, 2.05) is 18.2 Å². The van der Waals surface area contributed by atoms with E-state index in [-0.39, 0.29) is 11.8 Å². The summed E-state index contributed by atoms with van der Waals surface area (Å²) in [6.07, 6.45) is 0.967. The average Bonchev–Trinajstić information content (AvgIpc) is 2.74. The Morgan fingerprint density at radius 1 is 1.03 bits per heavy atom. The zero-order chi connectivity index (χ0) is 21.7. The fourth-order valence-electron chi connectivity index (χ4n) is 3.41. The third kappa shape index (κ3) is 5.22. The fourth-order valence-corrected chi connectivity index (χ4v) is 4.69. The van der Waals surface area contributed by atoms with Crippen molar-refractivity contribution in [3.8, 4) is 0 Å². The van der Waals surface area contributed by atoms with E-state index in [1.165, 1.54) is 24.0 Å². The predicted molar refractivity (Wildman–Crippen MR) is 111 cm³/mol. The first-order valence-corrected chi connectivity index (χ1v) is 11.2. The van der Waals surface area contributed by atoms with Crippen LogP contribution in [0.2, 0.25) is 0 Å². The normalized spacial score (nSPS) is 16.1. The van der Waals surface area contributed by atoms with Gasteiger partial charge in [0.25, 0.3) is 0 Å². The maximum Gasteiger partial charge on any atom is 0.244 e. The smallest absolute Gasteiger partial charge is 0.244 e. The summed E-state index contributed by atoms with van der Waals surface area (Å²) in [6, 6.07) is 13.1. The number of carbonyl (C=O) groups is 2. The number of anilines is 1. The van der Waals surface area contributed by atoms with Crippen LogP contribution in [0.1, 0.15) is 19.8 Å². The van der Waals surface area contributed by atoms with Gasteiger partial charge in [-0.15, -0.1) is 0 Å². The second-order valence-electron chi connectivity index (χ2n) is 7.23. The van der Waals surface area contributed by atoms with Crippen LogP contribution in [0.3, 0.4) is 0 Å². The largest absolute Gasteiger partial charge is 0.341 e. The van der Waals surface area contributed by atoms with Gasteiger partial charge in [-0.05, 0) is 44.0 Å². The molecule has 1 aliphatic heterocycles. The van der Waals surface area contributed by atoms with Crippen LogP contribution < -0.4 is 10.0 Å². The van der Waals surface area contributed by atoms with E-state index < -0.39 is 32.7 Å². The van der Waals surface area contributed by atoms with Crippen LogP contribution in [0.4, 0.5) is 10.1 Å². The number of carbonyl (C=O) groups excluding carboxylic acids is 2. The molecule has 2 N–H and O–H groups in total. The predicted octanol–water partition coefficient (Wildman–Crippen LogP) is 2.37. The highest BCUT2D eigenvalue weighted by Gasteiger charge is 2.31. The molecule has 2 aromatic rings. The van der Waals surface area contributed by atoms with E-state index >= 15 is 0 Å². The Labute approximate surface area is 175 Å². The first-order chi connectivity index (χ1) is 14.3. The number of benzene rings is 2. The Balaban J connectivity index is 1.54. The van der Waals surface area contributed by atoms with Gasteiger partial charge in [0.2, 0.25) is 21.8 Å². The first kappa shape index (κ1) is 21.9. The van der Waals surface area contributed by atoms with Crippen molar-refractivity contribution in [1.82, 2.24) is 9.62 Å². The van der Waals surface area contributed by atoms with Gasteiger partial charge in [-0.3, -0.25) is 9.59 Å². The van der Waals surface area contributed by atoms with E-state index in [1.54, 1.807) is 12.1 Å². The summed E-state index contributed by atoms with van der Waals surface area (Å²) in [7, 11) is -4.17. The number of piperidine rings is 1. The Hall–Kier alpha value is -2.78. The standard InChI is InChI=1S/C21H24FN3O4S/c1-15(24-30(28,29)19-10-6-5-9-18(19)22)21(27)25-13-11-16(12-14-25)20(26)23-17-7-3-2-4-8-17/h2-10,15-16,24H,11-14H2,1H3,(H,23,26)/t15-/m0/s1. The Bertz CT molecular complexity index is 1010. The Kier molecular flexibility index (Phi) is 6.84. The maximum absolute atomic E-state index is 13.8. The van der Waals surface area contributed by atoms with Gasteiger partial charge in [-0.1, -0.05) is 30.3 Å². The van der Waals surface area contributed by atoms with Gasteiger partial charge in [0, 0.05) is 24.7 Å². The molecule has 1 heterocycles. The third-order valence-corrected chi connectivity index (χ3v) is 6.62. The number of hydrogen-bond donors (Lipinski definition) is 2. The van der Waals surface area contributed by atoms with Gasteiger partial charge in [0.15, 0.2) is 0 Å². The summed E-state index contributed by atoms with van der Waals surface area (Å²) in [5.74, 6) is -1.60. The molecular formula is C21H24FN3O4S. The molecule has 0 spiro atoms. The molecule has 1 aliphatic rings. The van der Waals surface area contributed by atoms with Crippen molar-refractivity contribution in [2.75, 3.05) is 18.4 Å². The van der Waals surface area contributed by atoms with Crippen molar-refractivity contribution in [3.63, 3.8) is 0 Å². The second-order valence-corrected chi connectivity index (χ2v) is 8.91. The lowest BCUT2D eigenvalue weighted by molar-refractivity contribution is -0.135. The minimum Gasteiger partial charge on any atom is -0.341 e. The fraction of sp³-hybridized carbons (Fsp3) is 0.333. The van der Waals surface area contributed by atoms with E-state index in [9.17, 15) is 22.4 Å². The summed E-state index contributed by atoms with van der Waals surface area (Å²) in [4.78, 5) is 26.1. The van der Waals surface area contributed by atoms with Gasteiger partial charge < -0.3 is 10.2 Å². The Morgan fingerprint density at radius 3 is 2.27 bits per heavy atom. The second kappa shape index (κ2) is 9.36. The van der Waals surface area contributed by atoms with Crippen LogP contribution in [0.15, 0.2) is 59.5 Å². The van der Waals surface area contributed by atoms with Crippen LogP contribution >= 0.6 is 0 Å². The molecular weight excluding hydrogens is 409 g/mol. The molecule has 0 aromatic heterocycles. The molecule has 2 aromatic carbocycles. The summed E-state index contributed by atoms with van der Waals surface area (Å²) in [6.45, 7) is 2.11. The molecule has 0 saturated carbocycles. The van der Waals surface area contributed by atoms with Gasteiger partial charge in [0.1, 0.15) is 10.7 Å². The number of sulfonamides is 1. The number of nitrogens with zero attached hydrogens (tertiary/aromatic N) is 1. The molecule has 1 saturated heterocycles. The van der Waals surface area contributed by atoms with Crippen molar-refractivity contribution < 1.29 is 22.4 Å². The van der Waals surface area contributed by atoms with E-state index in [0.717, 1.165) is 17.8 Å². The van der Waals surface area contributed by atoms with Gasteiger partial charge in [0.05, 0.1) is 6.04 Å². The number of nitrogens with one attached hydrogen (secondary N) is 2. The van der Waals surface area contributed by atoms with Crippen molar-refractivity contribution >= 4 is 27.5 Å². The van der Waals surface area contributed by atoms with Crippen LogP contribution in [-0.2, 0) is 19.6 Å². The number of para-hydroxylation sites is 1. The SMILES string of the molecule is C[C@H](NS(=O)(=O)c1ccccc1F)C(=O)N1CCC(C(=O)Nc2ccccc2)CC1. The highest BCUT2D eigenvalue weighted by atomic mass is 32.2. The van der Waals surface area contributed by atoms with Crippen LogP contribution in [-0.4, -0.2) is 44.3 Å². The van der Waals surface area contributed by atoms with E-state index in [0.29, 0.717) is 25.9 Å². The van der Waals surface area contributed by atoms with Gasteiger partial charge >= 0.3 is 0 Å². The molecule has 0 bridgehead atoms. The van der Waals surface area contributed by atoms with Crippen molar-refractivity contribution in [2.24, 2.45) is 5.92 Å². The third-order valence-electron chi connectivity index (χ3n) is 5.05. The molecule has 9 heteroatoms. The zero-order valence-electron chi connectivity index (χ0n) is 16.5. The van der Waals surface area contributed by atoms with Gasteiger partial charge in [-0.2, -0.15) is 4.72 Å². The van der Waals surface area contributed by atoms with Gasteiger partial charge in [-0.25, -0.2) is 12.8 Å². The molecule has 1 fully saturated rings. The number of likely N-dealkylation sites (tertiary alicyclic amines) is 1. The minimum absolute atomic E-state index is 0.0957. The van der Waals surface area contributed by atoms with Crippen LogP contribution in [0.5, 0.6) is 0 Å². The Morgan fingerprint density at radius 2 is 1.63 bits per heavy atom. The quantitative estimate of drug-likeness (QED) is 0.731. The first-order valence-electron chi connectivity index (χ1n) is 9.69. The number of amides is 2. The molecule has 30 heavy (non-hydrogen) atoms. The minimum atomic E-state index is -4.17. The molecule has 0 radical (unpaired) electrons. The molecule has 0 aliphatic carbocycles. The molecule has 3 rings (SSSR count). The highest BCUT2D eigenvalue weighted by Crippen LogP contribution is 2.21. The molecule has 7 nitrogen and oxygen atoms in total. The average molecular weight is 434 g/mol. The number of rotatable bonds is 6. The summed E-state index contributed by atoms with van der Waals surface area (Å²) >= 11 is 0. The lowest BCUT2D eigenvalue weighted by atomic mass is 9.95. The van der Waals surface area contributed by atoms with Crippen molar-refractivity contribution in [1.29, 1.82) is 0 Å². The van der Waals surface area contributed by atoms with Crippen molar-refractivity contribution in [3.05, 3.63) is 60.4 Å². The lowest BCUT2D eigenvalue weighted by Crippen LogP contribution is -2.50. The lowest BCUT2D eigenvalue weighted by Gasteiger charge is -2.33. The monoisotopic (exact) mass is 433 g/mol. The molecule has 160 valence electrons. The van der Waals surface area contributed by atoms with E-state index in [2.05, 4.69) is 10.0 Å². The zero-order valence-corrected chi connectivity index (χ0v) is 17.4. The van der Waals surface area contributed by atoms with E-state index in [4.69, 9.17) is 0 Å². The maximum atomic E-state index is 13.8. The molecule has 0 unspecified atom stereocenters. The van der Waals surface area contributed by atoms with Crippen molar-refractivity contribution in [2.45, 2.75) is 30.7 Å². The summed E-state index contributed by atoms with van der Waals surface area (Å²) in [5, 5.41) is 2.86. The summed E-state index contributed by atoms with van der Waals surface area (Å²) in [5.41, 5.74) is 0.720. The summed E-state index contributed by atoms with van der Waals surface area (Å²) < 4.78 is 40.8. The number of hydrogen-bond acceptors (Lipinski definition) is 4. The van der Waals surface area contributed by atoms with Crippen LogP contribution in [0, 0.1) is 11.7 Å². The number of halogens is 1. The molecule has 2 amide bonds. The molecule has 1 atom stereocenters. The van der Waals surface area contributed by atoms with Crippen LogP contribution in [0.25, 0.3) is 0 Å².